The van der Waals surface area contributed by atoms with Gasteiger partial charge < -0.3 is 9.73 Å². The van der Waals surface area contributed by atoms with Crippen LogP contribution < -0.4 is 5.32 Å². The molecule has 1 atom stereocenters. The molecule has 0 radical (unpaired) electrons. The molecule has 1 aromatic carbocycles. The summed E-state index contributed by atoms with van der Waals surface area (Å²) in [6.07, 6.45) is 2.79. The molecule has 1 aromatic heterocycles. The summed E-state index contributed by atoms with van der Waals surface area (Å²) in [5.41, 5.74) is 3.13. The van der Waals surface area contributed by atoms with Gasteiger partial charge in [0, 0.05) is 12.1 Å². The lowest BCUT2D eigenvalue weighted by Crippen LogP contribution is -2.16. The normalized spacial score (nSPS) is 18.3. The standard InChI is InChI=1S/C19H25N3O4S2/c1-3-14-6-5-7-15(4-2)18(14)20-16(23)11-27-19-22-21-17(26-19)10-13-8-9-28(24,25)12-13/h5-7,13H,3-4,8-12H2,1-2H3,(H,20,23)/t13-/m1/s1. The van der Waals surface area contributed by atoms with Gasteiger partial charge in [-0.05, 0) is 36.3 Å². The number of nitrogens with one attached hydrogen (secondary N) is 1. The number of sulfone groups is 1. The number of rotatable bonds is 8. The van der Waals surface area contributed by atoms with Crippen molar-refractivity contribution in [1.82, 2.24) is 10.2 Å². The third-order valence-electron chi connectivity index (χ3n) is 4.83. The molecule has 2 heterocycles. The van der Waals surface area contributed by atoms with Crippen LogP contribution in [0.25, 0.3) is 0 Å². The number of carbonyl (C=O) groups excluding carboxylic acids is 1. The Kier molecular flexibility index (Phi) is 6.77. The van der Waals surface area contributed by atoms with Gasteiger partial charge in [-0.25, -0.2) is 8.42 Å². The number of nitrogens with zero attached hydrogens (tertiary/aromatic N) is 2. The van der Waals surface area contributed by atoms with E-state index in [9.17, 15) is 13.2 Å². The highest BCUT2D eigenvalue weighted by molar-refractivity contribution is 7.99. The van der Waals surface area contributed by atoms with Gasteiger partial charge in [-0.2, -0.15) is 0 Å². The Morgan fingerprint density at radius 2 is 1.96 bits per heavy atom. The van der Waals surface area contributed by atoms with E-state index in [2.05, 4.69) is 29.4 Å². The van der Waals surface area contributed by atoms with Crippen LogP contribution in [0.2, 0.25) is 0 Å². The summed E-state index contributed by atoms with van der Waals surface area (Å²) in [6.45, 7) is 4.13. The molecule has 9 heteroatoms. The molecule has 3 rings (SSSR count). The summed E-state index contributed by atoms with van der Waals surface area (Å²) in [5, 5.41) is 11.3. The van der Waals surface area contributed by atoms with E-state index in [-0.39, 0.29) is 29.1 Å². The Hall–Kier alpha value is -1.87. The summed E-state index contributed by atoms with van der Waals surface area (Å²) in [5.74, 6) is 0.908. The van der Waals surface area contributed by atoms with E-state index in [4.69, 9.17) is 4.42 Å². The van der Waals surface area contributed by atoms with E-state index in [1.54, 1.807) is 0 Å². The number of para-hydroxylation sites is 1. The first kappa shape index (κ1) is 20.9. The Labute approximate surface area is 169 Å². The minimum absolute atomic E-state index is 0.0320. The maximum atomic E-state index is 12.4. The fraction of sp³-hybridized carbons (Fsp3) is 0.526. The van der Waals surface area contributed by atoms with Crippen LogP contribution in [0.1, 0.15) is 37.3 Å². The number of thioether (sulfide) groups is 1. The lowest BCUT2D eigenvalue weighted by Gasteiger charge is -2.14. The van der Waals surface area contributed by atoms with E-state index >= 15 is 0 Å². The number of amides is 1. The fourth-order valence-corrected chi connectivity index (χ4v) is 5.81. The molecule has 7 nitrogen and oxygen atoms in total. The molecule has 1 aliphatic rings. The molecule has 28 heavy (non-hydrogen) atoms. The highest BCUT2D eigenvalue weighted by atomic mass is 32.2. The zero-order valence-corrected chi connectivity index (χ0v) is 17.7. The van der Waals surface area contributed by atoms with Crippen molar-refractivity contribution in [1.29, 1.82) is 0 Å². The van der Waals surface area contributed by atoms with Crippen molar-refractivity contribution in [2.75, 3.05) is 22.6 Å². The van der Waals surface area contributed by atoms with Gasteiger partial charge in [0.15, 0.2) is 9.84 Å². The average Bonchev–Trinajstić information content (AvgIpc) is 3.26. The molecular formula is C19H25N3O4S2. The zero-order chi connectivity index (χ0) is 20.1. The average molecular weight is 424 g/mol. The topological polar surface area (TPSA) is 102 Å². The van der Waals surface area contributed by atoms with E-state index in [0.717, 1.165) is 29.7 Å². The van der Waals surface area contributed by atoms with Crippen LogP contribution >= 0.6 is 11.8 Å². The van der Waals surface area contributed by atoms with Crippen molar-refractivity contribution in [3.63, 3.8) is 0 Å². The van der Waals surface area contributed by atoms with E-state index in [1.165, 1.54) is 11.8 Å². The van der Waals surface area contributed by atoms with E-state index in [1.807, 2.05) is 18.2 Å². The van der Waals surface area contributed by atoms with Gasteiger partial charge in [-0.1, -0.05) is 43.8 Å². The molecule has 0 saturated carbocycles. The number of carbonyl (C=O) groups is 1. The van der Waals surface area contributed by atoms with Crippen molar-refractivity contribution in [3.8, 4) is 0 Å². The minimum atomic E-state index is -2.92. The molecule has 1 amide bonds. The predicted molar refractivity (Wildman–Crippen MR) is 109 cm³/mol. The quantitative estimate of drug-likeness (QED) is 0.651. The van der Waals surface area contributed by atoms with E-state index < -0.39 is 9.84 Å². The fourth-order valence-electron chi connectivity index (χ4n) is 3.36. The molecule has 1 N–H and O–H groups in total. The summed E-state index contributed by atoms with van der Waals surface area (Å²) >= 11 is 1.18. The Balaban J connectivity index is 1.54. The molecule has 2 aromatic rings. The lowest BCUT2D eigenvalue weighted by atomic mass is 10.0. The van der Waals surface area contributed by atoms with Crippen molar-refractivity contribution in [2.24, 2.45) is 5.92 Å². The van der Waals surface area contributed by atoms with Crippen LogP contribution in [0.5, 0.6) is 0 Å². The SMILES string of the molecule is CCc1cccc(CC)c1NC(=O)CSc1nnc(C[C@H]2CCS(=O)(=O)C2)o1. The highest BCUT2D eigenvalue weighted by Gasteiger charge is 2.29. The Morgan fingerprint density at radius 3 is 2.57 bits per heavy atom. The van der Waals surface area contributed by atoms with Crippen LogP contribution in [0.15, 0.2) is 27.8 Å². The summed E-state index contributed by atoms with van der Waals surface area (Å²) in [6, 6.07) is 6.06. The molecule has 152 valence electrons. The van der Waals surface area contributed by atoms with Crippen LogP contribution in [-0.4, -0.2) is 41.8 Å². The first-order valence-corrected chi connectivity index (χ1v) is 12.3. The van der Waals surface area contributed by atoms with Gasteiger partial charge in [0.1, 0.15) is 0 Å². The number of benzene rings is 1. The number of hydrogen-bond acceptors (Lipinski definition) is 7. The minimum Gasteiger partial charge on any atom is -0.416 e. The first-order chi connectivity index (χ1) is 13.4. The van der Waals surface area contributed by atoms with Gasteiger partial charge in [-0.3, -0.25) is 4.79 Å². The summed E-state index contributed by atoms with van der Waals surface area (Å²) < 4.78 is 28.7. The molecule has 0 spiro atoms. The maximum absolute atomic E-state index is 12.4. The van der Waals surface area contributed by atoms with Crippen LogP contribution in [-0.2, 0) is 33.9 Å². The van der Waals surface area contributed by atoms with Gasteiger partial charge in [0.25, 0.3) is 5.22 Å². The summed E-state index contributed by atoms with van der Waals surface area (Å²) in [4.78, 5) is 12.4. The molecule has 1 saturated heterocycles. The Morgan fingerprint density at radius 1 is 1.25 bits per heavy atom. The van der Waals surface area contributed by atoms with Gasteiger partial charge in [0.05, 0.1) is 17.3 Å². The maximum Gasteiger partial charge on any atom is 0.277 e. The highest BCUT2D eigenvalue weighted by Crippen LogP contribution is 2.25. The third kappa shape index (κ3) is 5.35. The number of aromatic nitrogens is 2. The van der Waals surface area contributed by atoms with Crippen molar-refractivity contribution < 1.29 is 17.6 Å². The molecule has 1 aliphatic heterocycles. The lowest BCUT2D eigenvalue weighted by molar-refractivity contribution is -0.113. The zero-order valence-electron chi connectivity index (χ0n) is 16.1. The molecule has 1 fully saturated rings. The second-order valence-electron chi connectivity index (χ2n) is 6.93. The largest absolute Gasteiger partial charge is 0.416 e. The summed E-state index contributed by atoms with van der Waals surface area (Å²) in [7, 11) is -2.92. The van der Waals surface area contributed by atoms with Crippen molar-refractivity contribution in [3.05, 3.63) is 35.2 Å². The van der Waals surface area contributed by atoms with Gasteiger partial charge >= 0.3 is 0 Å². The van der Waals surface area contributed by atoms with Crippen LogP contribution in [0, 0.1) is 5.92 Å². The monoisotopic (exact) mass is 423 g/mol. The number of aryl methyl sites for hydroxylation is 2. The van der Waals surface area contributed by atoms with Crippen molar-refractivity contribution >= 4 is 33.2 Å². The smallest absolute Gasteiger partial charge is 0.277 e. The Bertz CT molecular complexity index is 918. The first-order valence-electron chi connectivity index (χ1n) is 9.46. The molecular weight excluding hydrogens is 398 g/mol. The van der Waals surface area contributed by atoms with Gasteiger partial charge in [-0.15, -0.1) is 10.2 Å². The van der Waals surface area contributed by atoms with Crippen LogP contribution in [0.3, 0.4) is 0 Å². The third-order valence-corrected chi connectivity index (χ3v) is 7.48. The molecule has 0 aliphatic carbocycles. The van der Waals surface area contributed by atoms with E-state index in [0.29, 0.717) is 24.0 Å². The number of hydrogen-bond donors (Lipinski definition) is 1. The number of anilines is 1. The van der Waals surface area contributed by atoms with Gasteiger partial charge in [0.2, 0.25) is 11.8 Å². The molecule has 0 unspecified atom stereocenters. The van der Waals surface area contributed by atoms with Crippen molar-refractivity contribution in [2.45, 2.75) is 44.8 Å². The predicted octanol–water partition coefficient (Wildman–Crippen LogP) is 2.90. The second-order valence-corrected chi connectivity index (χ2v) is 10.1. The second kappa shape index (κ2) is 9.09. The molecule has 0 bridgehead atoms. The van der Waals surface area contributed by atoms with Crippen LogP contribution in [0.4, 0.5) is 5.69 Å².